The van der Waals surface area contributed by atoms with E-state index >= 15 is 0 Å². The molecule has 11 heteroatoms. The molecule has 2 aromatic rings. The van der Waals surface area contributed by atoms with Crippen LogP contribution >= 0.6 is 11.3 Å². The molecule has 1 heterocycles. The third-order valence-corrected chi connectivity index (χ3v) is 5.94. The maximum absolute atomic E-state index is 13.5. The first-order valence-corrected chi connectivity index (χ1v) is 10.1. The van der Waals surface area contributed by atoms with Crippen LogP contribution in [-0.4, -0.2) is 26.8 Å². The van der Waals surface area contributed by atoms with E-state index in [4.69, 9.17) is 5.14 Å². The molecule has 0 unspecified atom stereocenters. The summed E-state index contributed by atoms with van der Waals surface area (Å²) < 4.78 is 48.6. The molecular weight excluding hydrogens is 400 g/mol. The van der Waals surface area contributed by atoms with Gasteiger partial charge in [-0.25, -0.2) is 22.3 Å². The smallest absolute Gasteiger partial charge is 0.254 e. The molecule has 27 heavy (non-hydrogen) atoms. The van der Waals surface area contributed by atoms with E-state index in [9.17, 15) is 26.8 Å². The van der Waals surface area contributed by atoms with Crippen molar-refractivity contribution in [1.29, 1.82) is 0 Å². The van der Waals surface area contributed by atoms with Gasteiger partial charge in [-0.3, -0.25) is 9.59 Å². The number of hydrogen-bond acceptors (Lipinski definition) is 5. The van der Waals surface area contributed by atoms with E-state index in [0.29, 0.717) is 17.4 Å². The minimum absolute atomic E-state index is 0.0162. The molecule has 0 bridgehead atoms. The number of nitrogens with one attached hydrogen (secondary N) is 2. The second kappa shape index (κ2) is 9.02. The van der Waals surface area contributed by atoms with Gasteiger partial charge in [-0.15, -0.1) is 11.3 Å². The van der Waals surface area contributed by atoms with Crippen molar-refractivity contribution in [3.8, 4) is 0 Å². The Kier molecular flexibility index (Phi) is 6.99. The first-order valence-electron chi connectivity index (χ1n) is 7.78. The van der Waals surface area contributed by atoms with Gasteiger partial charge in [-0.2, -0.15) is 0 Å². The minimum atomic E-state index is -3.76. The summed E-state index contributed by atoms with van der Waals surface area (Å²) in [5.41, 5.74) is -0.274. The summed E-state index contributed by atoms with van der Waals surface area (Å²) >= 11 is 0.967. The van der Waals surface area contributed by atoms with Gasteiger partial charge in [-0.05, 0) is 30.7 Å². The number of rotatable bonds is 8. The van der Waals surface area contributed by atoms with Crippen LogP contribution in [0.15, 0.2) is 34.5 Å². The first-order chi connectivity index (χ1) is 12.7. The van der Waals surface area contributed by atoms with Gasteiger partial charge in [0.05, 0.1) is 12.1 Å². The molecule has 4 N–H and O–H groups in total. The van der Waals surface area contributed by atoms with Gasteiger partial charge in [0.15, 0.2) is 0 Å². The van der Waals surface area contributed by atoms with E-state index in [1.807, 2.05) is 0 Å². The Balaban J connectivity index is 1.70. The van der Waals surface area contributed by atoms with Gasteiger partial charge in [0.25, 0.3) is 5.91 Å². The molecule has 0 spiro atoms. The number of nitrogens with two attached hydrogens (primary N) is 1. The highest BCUT2D eigenvalue weighted by molar-refractivity contribution is 7.91. The van der Waals surface area contributed by atoms with Crippen molar-refractivity contribution in [2.75, 3.05) is 6.54 Å². The van der Waals surface area contributed by atoms with Crippen molar-refractivity contribution >= 4 is 33.2 Å². The van der Waals surface area contributed by atoms with Gasteiger partial charge in [0, 0.05) is 23.9 Å². The van der Waals surface area contributed by atoms with Crippen LogP contribution < -0.4 is 15.8 Å². The van der Waals surface area contributed by atoms with Crippen molar-refractivity contribution in [3.05, 3.63) is 52.4 Å². The van der Waals surface area contributed by atoms with Crippen molar-refractivity contribution in [1.82, 2.24) is 10.6 Å². The molecule has 0 fully saturated rings. The van der Waals surface area contributed by atoms with E-state index < -0.39 is 27.6 Å². The Hall–Kier alpha value is -2.37. The van der Waals surface area contributed by atoms with Crippen LogP contribution in [0.4, 0.5) is 8.78 Å². The van der Waals surface area contributed by atoms with Crippen molar-refractivity contribution in [2.45, 2.75) is 23.6 Å². The van der Waals surface area contributed by atoms with E-state index in [1.54, 1.807) is 6.07 Å². The molecule has 146 valence electrons. The predicted molar refractivity (Wildman–Crippen MR) is 95.5 cm³/mol. The number of hydrogen-bond donors (Lipinski definition) is 3. The van der Waals surface area contributed by atoms with E-state index in [2.05, 4.69) is 10.6 Å². The number of halogens is 2. The number of sulfonamides is 1. The number of amides is 2. The lowest BCUT2D eigenvalue weighted by molar-refractivity contribution is -0.121. The van der Waals surface area contributed by atoms with Crippen molar-refractivity contribution < 1.29 is 26.8 Å². The lowest BCUT2D eigenvalue weighted by Gasteiger charge is -2.07. The molecule has 1 aromatic carbocycles. The zero-order chi connectivity index (χ0) is 20.0. The molecule has 0 radical (unpaired) electrons. The Morgan fingerprint density at radius 2 is 1.85 bits per heavy atom. The maximum atomic E-state index is 13.5. The van der Waals surface area contributed by atoms with Crippen LogP contribution in [0.1, 0.15) is 28.1 Å². The molecule has 7 nitrogen and oxygen atoms in total. The second-order valence-electron chi connectivity index (χ2n) is 5.53. The average Bonchev–Trinajstić information content (AvgIpc) is 3.06. The fraction of sp³-hybridized carbons (Fsp3) is 0.250. The molecule has 0 saturated carbocycles. The fourth-order valence-electron chi connectivity index (χ4n) is 2.10. The van der Waals surface area contributed by atoms with Crippen LogP contribution in [0.3, 0.4) is 0 Å². The zero-order valence-corrected chi connectivity index (χ0v) is 15.6. The highest BCUT2D eigenvalue weighted by atomic mass is 32.2. The molecule has 0 atom stereocenters. The molecule has 0 saturated heterocycles. The molecule has 2 amide bonds. The van der Waals surface area contributed by atoms with Gasteiger partial charge in [-0.1, -0.05) is 0 Å². The topological polar surface area (TPSA) is 118 Å². The Morgan fingerprint density at radius 1 is 1.11 bits per heavy atom. The summed E-state index contributed by atoms with van der Waals surface area (Å²) in [5.74, 6) is -2.72. The number of benzene rings is 1. The molecular formula is C16H17F2N3O4S2. The Labute approximate surface area is 158 Å². The van der Waals surface area contributed by atoms with Crippen LogP contribution in [-0.2, 0) is 21.4 Å². The zero-order valence-electron chi connectivity index (χ0n) is 14.0. The summed E-state index contributed by atoms with van der Waals surface area (Å²) in [6.07, 6.45) is 0.423. The quantitative estimate of drug-likeness (QED) is 0.564. The summed E-state index contributed by atoms with van der Waals surface area (Å²) in [6, 6.07) is 5.57. The lowest BCUT2D eigenvalue weighted by atomic mass is 10.2. The molecule has 1 aromatic heterocycles. The average molecular weight is 417 g/mol. The molecule has 0 aliphatic heterocycles. The second-order valence-corrected chi connectivity index (χ2v) is 8.48. The summed E-state index contributed by atoms with van der Waals surface area (Å²) in [7, 11) is -3.76. The summed E-state index contributed by atoms with van der Waals surface area (Å²) in [4.78, 5) is 24.2. The SMILES string of the molecule is NS(=O)(=O)c1ccc(CNC(=O)CCCNC(=O)c2ccc(F)cc2F)s1. The highest BCUT2D eigenvalue weighted by Gasteiger charge is 2.13. The van der Waals surface area contributed by atoms with E-state index in [-0.39, 0.29) is 35.2 Å². The molecule has 0 aliphatic carbocycles. The summed E-state index contributed by atoms with van der Waals surface area (Å²) in [5, 5.41) is 10.1. The third kappa shape index (κ3) is 6.38. The van der Waals surface area contributed by atoms with Crippen LogP contribution in [0.2, 0.25) is 0 Å². The van der Waals surface area contributed by atoms with Gasteiger partial charge < -0.3 is 10.6 Å². The predicted octanol–water partition coefficient (Wildman–Crippen LogP) is 1.50. The number of primary sulfonamides is 1. The maximum Gasteiger partial charge on any atom is 0.254 e. The van der Waals surface area contributed by atoms with Crippen LogP contribution in [0.5, 0.6) is 0 Å². The largest absolute Gasteiger partial charge is 0.352 e. The van der Waals surface area contributed by atoms with Crippen LogP contribution in [0, 0.1) is 11.6 Å². The number of carbonyl (C=O) groups excluding carboxylic acids is 2. The van der Waals surface area contributed by atoms with Gasteiger partial charge in [0.2, 0.25) is 15.9 Å². The van der Waals surface area contributed by atoms with Gasteiger partial charge in [0.1, 0.15) is 15.8 Å². The van der Waals surface area contributed by atoms with Crippen LogP contribution in [0.25, 0.3) is 0 Å². The first kappa shape index (κ1) is 20.9. The lowest BCUT2D eigenvalue weighted by Crippen LogP contribution is -2.27. The number of thiophene rings is 1. The van der Waals surface area contributed by atoms with E-state index in [0.717, 1.165) is 23.5 Å². The van der Waals surface area contributed by atoms with E-state index in [1.165, 1.54) is 6.07 Å². The van der Waals surface area contributed by atoms with Crippen molar-refractivity contribution in [2.24, 2.45) is 5.14 Å². The Bertz CT molecular complexity index is 945. The molecule has 0 aliphatic rings. The number of carbonyl (C=O) groups is 2. The minimum Gasteiger partial charge on any atom is -0.352 e. The normalized spacial score (nSPS) is 11.2. The van der Waals surface area contributed by atoms with Gasteiger partial charge >= 0.3 is 0 Å². The highest BCUT2D eigenvalue weighted by Crippen LogP contribution is 2.20. The Morgan fingerprint density at radius 3 is 2.48 bits per heavy atom. The molecule has 2 rings (SSSR count). The fourth-order valence-corrected chi connectivity index (χ4v) is 3.82. The summed E-state index contributed by atoms with van der Waals surface area (Å²) in [6.45, 7) is 0.295. The monoisotopic (exact) mass is 417 g/mol. The van der Waals surface area contributed by atoms with Crippen molar-refractivity contribution in [3.63, 3.8) is 0 Å². The standard InChI is InChI=1S/C16H17F2N3O4S2/c17-10-3-5-12(13(18)8-10)16(23)20-7-1-2-14(22)21-9-11-4-6-15(26-11)27(19,24)25/h3-6,8H,1-2,7,9H2,(H,20,23)(H,21,22)(H2,19,24,25). The third-order valence-electron chi connectivity index (χ3n) is 3.42.